The second-order valence-electron chi connectivity index (χ2n) is 10.4. The fourth-order valence-corrected chi connectivity index (χ4v) is 6.70. The van der Waals surface area contributed by atoms with Crippen LogP contribution in [-0.2, 0) is 14.8 Å². The first-order chi connectivity index (χ1) is 19.0. The van der Waals surface area contributed by atoms with Gasteiger partial charge in [-0.2, -0.15) is 4.31 Å². The van der Waals surface area contributed by atoms with Crippen LogP contribution < -0.4 is 0 Å². The standard InChI is InChI=1S/C33H32INO4S/c1-24-20-22-28(23-21-24)40(37,38)35(32(36)39-33(2,3)4)31(27-18-12-7-13-19-27)29(25-14-8-5-9-15-25)30(34)26-16-10-6-11-17-26/h5-23,31H,1-4H3/b30-29-. The highest BCUT2D eigenvalue weighted by Gasteiger charge is 2.42. The van der Waals surface area contributed by atoms with Crippen molar-refractivity contribution in [2.45, 2.75) is 44.2 Å². The van der Waals surface area contributed by atoms with Gasteiger partial charge in [0.25, 0.3) is 10.0 Å². The lowest BCUT2D eigenvalue weighted by molar-refractivity contribution is 0.0364. The van der Waals surface area contributed by atoms with Gasteiger partial charge >= 0.3 is 6.09 Å². The predicted octanol–water partition coefficient (Wildman–Crippen LogP) is 8.67. The summed E-state index contributed by atoms with van der Waals surface area (Å²) in [5.41, 5.74) is 2.97. The number of carbonyl (C=O) groups excluding carboxylic acids is 1. The number of halogens is 1. The number of hydrogen-bond acceptors (Lipinski definition) is 4. The molecule has 1 atom stereocenters. The summed E-state index contributed by atoms with van der Waals surface area (Å²) in [6.07, 6.45) is -0.951. The number of rotatable bonds is 7. The molecule has 7 heteroatoms. The van der Waals surface area contributed by atoms with Gasteiger partial charge in [0.1, 0.15) is 11.6 Å². The second-order valence-corrected chi connectivity index (χ2v) is 13.3. The maximum Gasteiger partial charge on any atom is 0.425 e. The van der Waals surface area contributed by atoms with E-state index in [4.69, 9.17) is 4.74 Å². The number of hydrogen-bond donors (Lipinski definition) is 0. The summed E-state index contributed by atoms with van der Waals surface area (Å²) < 4.78 is 36.5. The van der Waals surface area contributed by atoms with Crippen molar-refractivity contribution in [1.82, 2.24) is 4.31 Å². The molecular formula is C33H32INO4S. The molecule has 1 amide bonds. The Balaban J connectivity index is 2.09. The molecule has 0 radical (unpaired) electrons. The summed E-state index contributed by atoms with van der Waals surface area (Å²) >= 11 is 2.25. The lowest BCUT2D eigenvalue weighted by Gasteiger charge is -2.35. The van der Waals surface area contributed by atoms with Crippen LogP contribution >= 0.6 is 22.6 Å². The summed E-state index contributed by atoms with van der Waals surface area (Å²) in [6, 6.07) is 34.0. The number of benzene rings is 4. The van der Waals surface area contributed by atoms with Crippen LogP contribution in [0.15, 0.2) is 120 Å². The van der Waals surface area contributed by atoms with E-state index in [2.05, 4.69) is 22.6 Å². The summed E-state index contributed by atoms with van der Waals surface area (Å²) in [5.74, 6) is 0. The van der Waals surface area contributed by atoms with E-state index in [9.17, 15) is 13.2 Å². The van der Waals surface area contributed by atoms with Gasteiger partial charge in [-0.1, -0.05) is 109 Å². The number of ether oxygens (including phenoxy) is 1. The smallest absolute Gasteiger partial charge is 0.425 e. The fourth-order valence-electron chi connectivity index (χ4n) is 4.29. The number of nitrogens with zero attached hydrogens (tertiary/aromatic N) is 1. The molecule has 0 saturated heterocycles. The molecule has 4 aromatic carbocycles. The summed E-state index contributed by atoms with van der Waals surface area (Å²) in [4.78, 5) is 14.1. The first kappa shape index (κ1) is 29.6. The van der Waals surface area contributed by atoms with E-state index < -0.39 is 27.8 Å². The fraction of sp³-hybridized carbons (Fsp3) is 0.182. The molecule has 1 unspecified atom stereocenters. The minimum Gasteiger partial charge on any atom is -0.443 e. The largest absolute Gasteiger partial charge is 0.443 e. The molecule has 0 fully saturated rings. The molecule has 0 heterocycles. The van der Waals surface area contributed by atoms with Crippen LogP contribution in [0.2, 0.25) is 0 Å². The van der Waals surface area contributed by atoms with Crippen LogP contribution in [0, 0.1) is 6.92 Å². The van der Waals surface area contributed by atoms with Crippen molar-refractivity contribution in [3.05, 3.63) is 138 Å². The quantitative estimate of drug-likeness (QED) is 0.146. The van der Waals surface area contributed by atoms with Gasteiger partial charge in [-0.15, -0.1) is 0 Å². The summed E-state index contributed by atoms with van der Waals surface area (Å²) in [7, 11) is -4.38. The Morgan fingerprint density at radius 1 is 0.750 bits per heavy atom. The van der Waals surface area contributed by atoms with Gasteiger partial charge in [-0.25, -0.2) is 13.2 Å². The topological polar surface area (TPSA) is 63.7 Å². The lowest BCUT2D eigenvalue weighted by Crippen LogP contribution is -2.43. The van der Waals surface area contributed by atoms with Crippen molar-refractivity contribution in [2.75, 3.05) is 0 Å². The summed E-state index contributed by atoms with van der Waals surface area (Å²) in [6.45, 7) is 7.05. The molecule has 4 aromatic rings. The zero-order valence-corrected chi connectivity index (χ0v) is 25.9. The first-order valence-corrected chi connectivity index (χ1v) is 15.4. The van der Waals surface area contributed by atoms with E-state index in [0.717, 1.165) is 24.6 Å². The van der Waals surface area contributed by atoms with Crippen LogP contribution in [0.25, 0.3) is 9.15 Å². The van der Waals surface area contributed by atoms with Crippen molar-refractivity contribution in [3.8, 4) is 0 Å². The Bertz CT molecular complexity index is 1580. The molecule has 0 N–H and O–H groups in total. The zero-order valence-electron chi connectivity index (χ0n) is 22.9. The minimum absolute atomic E-state index is 0.00650. The Labute approximate surface area is 250 Å². The van der Waals surface area contributed by atoms with Crippen LogP contribution in [-0.4, -0.2) is 24.4 Å². The van der Waals surface area contributed by atoms with Gasteiger partial charge in [0.2, 0.25) is 0 Å². The average Bonchev–Trinajstić information content (AvgIpc) is 2.93. The molecule has 0 aromatic heterocycles. The second kappa shape index (κ2) is 12.4. The van der Waals surface area contributed by atoms with Crippen molar-refractivity contribution in [2.24, 2.45) is 0 Å². The Kier molecular flexibility index (Phi) is 9.15. The Morgan fingerprint density at radius 3 is 1.73 bits per heavy atom. The third-order valence-corrected chi connectivity index (χ3v) is 9.07. The van der Waals surface area contributed by atoms with Gasteiger partial charge in [-0.3, -0.25) is 0 Å². The molecule has 0 spiro atoms. The van der Waals surface area contributed by atoms with Crippen LogP contribution in [0.5, 0.6) is 0 Å². The van der Waals surface area contributed by atoms with Gasteiger partial charge in [0.15, 0.2) is 0 Å². The highest BCUT2D eigenvalue weighted by atomic mass is 127. The van der Waals surface area contributed by atoms with E-state index in [0.29, 0.717) is 11.1 Å². The van der Waals surface area contributed by atoms with Gasteiger partial charge < -0.3 is 4.74 Å². The predicted molar refractivity (Wildman–Crippen MR) is 169 cm³/mol. The molecule has 4 rings (SSSR count). The highest BCUT2D eigenvalue weighted by molar-refractivity contribution is 14.1. The first-order valence-electron chi connectivity index (χ1n) is 12.9. The third-order valence-electron chi connectivity index (χ3n) is 6.12. The van der Waals surface area contributed by atoms with Crippen molar-refractivity contribution >= 4 is 47.9 Å². The number of amides is 1. The van der Waals surface area contributed by atoms with Crippen LogP contribution in [0.4, 0.5) is 4.79 Å². The number of carbonyl (C=O) groups is 1. The highest BCUT2D eigenvalue weighted by Crippen LogP contribution is 2.45. The van der Waals surface area contributed by atoms with Crippen molar-refractivity contribution < 1.29 is 17.9 Å². The monoisotopic (exact) mass is 665 g/mol. The zero-order chi connectivity index (χ0) is 28.9. The molecule has 0 aliphatic heterocycles. The molecule has 5 nitrogen and oxygen atoms in total. The van der Waals surface area contributed by atoms with Crippen molar-refractivity contribution in [1.29, 1.82) is 0 Å². The van der Waals surface area contributed by atoms with E-state index >= 15 is 0 Å². The Morgan fingerprint density at radius 2 is 1.23 bits per heavy atom. The van der Waals surface area contributed by atoms with E-state index in [1.165, 1.54) is 12.1 Å². The molecule has 40 heavy (non-hydrogen) atoms. The molecular weight excluding hydrogens is 633 g/mol. The van der Waals surface area contributed by atoms with E-state index in [1.807, 2.05) is 97.9 Å². The molecule has 0 aliphatic rings. The maximum absolute atomic E-state index is 14.5. The number of sulfonamides is 1. The third kappa shape index (κ3) is 6.82. The van der Waals surface area contributed by atoms with Crippen LogP contribution in [0.1, 0.15) is 49.1 Å². The molecule has 0 aliphatic carbocycles. The maximum atomic E-state index is 14.5. The van der Waals surface area contributed by atoms with E-state index in [-0.39, 0.29) is 4.90 Å². The number of aryl methyl sites for hydroxylation is 1. The Hall–Kier alpha value is -3.43. The molecule has 0 saturated carbocycles. The minimum atomic E-state index is -4.38. The normalized spacial score (nSPS) is 13.2. The molecule has 206 valence electrons. The molecule has 0 bridgehead atoms. The average molecular weight is 666 g/mol. The van der Waals surface area contributed by atoms with Gasteiger partial charge in [-0.05, 0) is 79.1 Å². The van der Waals surface area contributed by atoms with Crippen LogP contribution in [0.3, 0.4) is 0 Å². The van der Waals surface area contributed by atoms with E-state index in [1.54, 1.807) is 32.9 Å². The lowest BCUT2D eigenvalue weighted by atomic mass is 9.91. The summed E-state index contributed by atoms with van der Waals surface area (Å²) in [5, 5.41) is 0. The van der Waals surface area contributed by atoms with Gasteiger partial charge in [0, 0.05) is 9.15 Å². The SMILES string of the molecule is Cc1ccc(S(=O)(=O)N(C(=O)OC(C)(C)C)C(/C(=C(\I)c2ccccc2)c2ccccc2)c2ccccc2)cc1. The van der Waals surface area contributed by atoms with Crippen molar-refractivity contribution in [3.63, 3.8) is 0 Å². The van der Waals surface area contributed by atoms with Gasteiger partial charge in [0.05, 0.1) is 4.90 Å².